The molecule has 4 aromatic carbocycles. The third-order valence-electron chi connectivity index (χ3n) is 6.16. The Kier molecular flexibility index (Phi) is 7.84. The molecule has 0 unspecified atom stereocenters. The van der Waals surface area contributed by atoms with E-state index in [0.717, 1.165) is 18.5 Å². The molecule has 5 rings (SSSR count). The van der Waals surface area contributed by atoms with Crippen molar-refractivity contribution < 1.29 is 0 Å². The molecule has 0 bridgehead atoms. The Morgan fingerprint density at radius 3 is 1.46 bits per heavy atom. The summed E-state index contributed by atoms with van der Waals surface area (Å²) < 4.78 is 0. The molecular weight excluding hydrogens is 424 g/mol. The quantitative estimate of drug-likeness (QED) is 0.302. The fraction of sp³-hybridized carbons (Fsp3) is 0.152. The second kappa shape index (κ2) is 11.4. The molecule has 0 atom stereocenters. The molecule has 176 valence electrons. The summed E-state index contributed by atoms with van der Waals surface area (Å²) in [5.74, 6) is 0. The van der Waals surface area contributed by atoms with Gasteiger partial charge in [0.2, 0.25) is 0 Å². The molecule has 0 fully saturated rings. The maximum absolute atomic E-state index is 5.85. The Bertz CT molecular complexity index is 1190. The van der Waals surface area contributed by atoms with Crippen molar-refractivity contribution in [1.82, 2.24) is 0 Å². The number of aryl methyl sites for hydroxylation is 1. The van der Waals surface area contributed by atoms with Crippen molar-refractivity contribution in [3.8, 4) is 22.3 Å². The van der Waals surface area contributed by atoms with Crippen LogP contribution in [0.15, 0.2) is 121 Å². The van der Waals surface area contributed by atoms with Crippen LogP contribution in [0, 0.1) is 6.92 Å². The van der Waals surface area contributed by atoms with E-state index in [1.807, 2.05) is 26.0 Å². The molecule has 0 heterocycles. The van der Waals surface area contributed by atoms with Crippen molar-refractivity contribution in [3.05, 3.63) is 127 Å². The summed E-state index contributed by atoms with van der Waals surface area (Å²) in [5.41, 5.74) is 16.4. The minimum absolute atomic E-state index is 0.785. The Labute approximate surface area is 210 Å². The van der Waals surface area contributed by atoms with Gasteiger partial charge in [0.25, 0.3) is 0 Å². The van der Waals surface area contributed by atoms with Gasteiger partial charge in [-0.15, -0.1) is 0 Å². The molecule has 0 radical (unpaired) electrons. The SMILES string of the molecule is CC.Cc1ccc(-c2ccc(N(C3=CC=CCC3)c3ccc(-c4ccc(N)cc4)cc3)cc2)cc1. The molecule has 2 heteroatoms. The van der Waals surface area contributed by atoms with Gasteiger partial charge in [0.15, 0.2) is 0 Å². The van der Waals surface area contributed by atoms with Gasteiger partial charge in [0.1, 0.15) is 0 Å². The second-order valence-electron chi connectivity index (χ2n) is 8.54. The standard InChI is InChI=1S/C31H28N2.C2H6/c1-23-7-9-24(10-8-23)26-13-19-30(20-14-26)33(29-5-3-2-4-6-29)31-21-15-27(16-22-31)25-11-17-28(32)18-12-25;1-2/h2-3,5,7-22H,4,6,32H2,1H3;1-2H3. The number of allylic oxidation sites excluding steroid dienone is 4. The Balaban J connectivity index is 0.00000141. The van der Waals surface area contributed by atoms with Crippen LogP contribution in [-0.4, -0.2) is 0 Å². The van der Waals surface area contributed by atoms with Crippen LogP contribution in [0.3, 0.4) is 0 Å². The first-order valence-electron chi connectivity index (χ1n) is 12.5. The molecule has 0 spiro atoms. The summed E-state index contributed by atoms with van der Waals surface area (Å²) in [7, 11) is 0. The molecule has 4 aromatic rings. The zero-order valence-corrected chi connectivity index (χ0v) is 20.9. The van der Waals surface area contributed by atoms with Crippen molar-refractivity contribution in [2.75, 3.05) is 10.6 Å². The predicted molar refractivity (Wildman–Crippen MR) is 153 cm³/mol. The van der Waals surface area contributed by atoms with Gasteiger partial charge in [-0.2, -0.15) is 0 Å². The number of anilines is 3. The maximum atomic E-state index is 5.85. The molecule has 2 N–H and O–H groups in total. The van der Waals surface area contributed by atoms with E-state index in [0.29, 0.717) is 0 Å². The molecule has 1 aliphatic carbocycles. The third-order valence-corrected chi connectivity index (χ3v) is 6.16. The molecule has 35 heavy (non-hydrogen) atoms. The van der Waals surface area contributed by atoms with Gasteiger partial charge in [0.05, 0.1) is 0 Å². The Morgan fingerprint density at radius 1 is 0.600 bits per heavy atom. The number of nitrogens with zero attached hydrogens (tertiary/aromatic N) is 1. The van der Waals surface area contributed by atoms with E-state index in [4.69, 9.17) is 5.73 Å². The minimum Gasteiger partial charge on any atom is -0.399 e. The summed E-state index contributed by atoms with van der Waals surface area (Å²) in [4.78, 5) is 2.37. The van der Waals surface area contributed by atoms with Crippen LogP contribution in [0.25, 0.3) is 22.3 Å². The molecule has 2 nitrogen and oxygen atoms in total. The molecule has 0 saturated carbocycles. The van der Waals surface area contributed by atoms with Crippen LogP contribution in [0.2, 0.25) is 0 Å². The summed E-state index contributed by atoms with van der Waals surface area (Å²) in [6.45, 7) is 6.12. The van der Waals surface area contributed by atoms with Gasteiger partial charge in [0, 0.05) is 22.8 Å². The number of hydrogen-bond acceptors (Lipinski definition) is 2. The molecular formula is C33H34N2. The monoisotopic (exact) mass is 458 g/mol. The lowest BCUT2D eigenvalue weighted by Gasteiger charge is -2.29. The molecule has 1 aliphatic rings. The van der Waals surface area contributed by atoms with Gasteiger partial charge < -0.3 is 10.6 Å². The number of nitrogen functional groups attached to an aromatic ring is 1. The lowest BCUT2D eigenvalue weighted by atomic mass is 10.0. The van der Waals surface area contributed by atoms with Crippen LogP contribution in [0.5, 0.6) is 0 Å². The smallest absolute Gasteiger partial charge is 0.0458 e. The second-order valence-corrected chi connectivity index (χ2v) is 8.54. The first-order valence-corrected chi connectivity index (χ1v) is 12.5. The van der Waals surface area contributed by atoms with Crippen LogP contribution in [0.4, 0.5) is 17.1 Å². The van der Waals surface area contributed by atoms with Crippen LogP contribution >= 0.6 is 0 Å². The summed E-state index contributed by atoms with van der Waals surface area (Å²) in [6, 6.07) is 34.4. The average molecular weight is 459 g/mol. The van der Waals surface area contributed by atoms with Crippen molar-refractivity contribution in [3.63, 3.8) is 0 Å². The Hall–Kier alpha value is -4.04. The zero-order valence-electron chi connectivity index (χ0n) is 20.9. The van der Waals surface area contributed by atoms with Crippen LogP contribution in [0.1, 0.15) is 32.3 Å². The zero-order chi connectivity index (χ0) is 24.6. The highest BCUT2D eigenvalue weighted by atomic mass is 15.1. The van der Waals surface area contributed by atoms with E-state index in [9.17, 15) is 0 Å². The van der Waals surface area contributed by atoms with E-state index < -0.39 is 0 Å². The first kappa shape index (κ1) is 24.1. The van der Waals surface area contributed by atoms with Gasteiger partial charge in [-0.05, 0) is 84.5 Å². The van der Waals surface area contributed by atoms with Crippen LogP contribution < -0.4 is 10.6 Å². The fourth-order valence-electron chi connectivity index (χ4n) is 4.28. The third kappa shape index (κ3) is 5.73. The lowest BCUT2D eigenvalue weighted by Crippen LogP contribution is -2.17. The van der Waals surface area contributed by atoms with Gasteiger partial charge >= 0.3 is 0 Å². The molecule has 0 saturated heterocycles. The van der Waals surface area contributed by atoms with E-state index in [-0.39, 0.29) is 0 Å². The number of benzene rings is 4. The van der Waals surface area contributed by atoms with Crippen molar-refractivity contribution in [2.24, 2.45) is 0 Å². The molecule has 0 amide bonds. The average Bonchev–Trinajstić information content (AvgIpc) is 2.92. The number of nitrogens with two attached hydrogens (primary N) is 1. The maximum Gasteiger partial charge on any atom is 0.0458 e. The molecule has 0 aliphatic heterocycles. The van der Waals surface area contributed by atoms with Crippen molar-refractivity contribution >= 4 is 17.1 Å². The molecule has 0 aromatic heterocycles. The predicted octanol–water partition coefficient (Wildman–Crippen LogP) is 9.31. The van der Waals surface area contributed by atoms with E-state index in [1.54, 1.807) is 0 Å². The van der Waals surface area contributed by atoms with E-state index in [1.165, 1.54) is 44.9 Å². The van der Waals surface area contributed by atoms with Crippen LogP contribution in [-0.2, 0) is 0 Å². The number of hydrogen-bond donors (Lipinski definition) is 1. The highest BCUT2D eigenvalue weighted by Gasteiger charge is 2.16. The summed E-state index contributed by atoms with van der Waals surface area (Å²) in [6.07, 6.45) is 8.70. The lowest BCUT2D eigenvalue weighted by molar-refractivity contribution is 0.918. The van der Waals surface area contributed by atoms with E-state index in [2.05, 4.69) is 115 Å². The number of rotatable bonds is 5. The van der Waals surface area contributed by atoms with Crippen molar-refractivity contribution in [1.29, 1.82) is 0 Å². The minimum atomic E-state index is 0.785. The Morgan fingerprint density at radius 2 is 1.03 bits per heavy atom. The largest absolute Gasteiger partial charge is 0.399 e. The highest BCUT2D eigenvalue weighted by molar-refractivity contribution is 5.75. The fourth-order valence-corrected chi connectivity index (χ4v) is 4.28. The van der Waals surface area contributed by atoms with Gasteiger partial charge in [-0.1, -0.05) is 92.2 Å². The van der Waals surface area contributed by atoms with E-state index >= 15 is 0 Å². The summed E-state index contributed by atoms with van der Waals surface area (Å²) in [5, 5.41) is 0. The van der Waals surface area contributed by atoms with Gasteiger partial charge in [-0.25, -0.2) is 0 Å². The topological polar surface area (TPSA) is 29.3 Å². The van der Waals surface area contributed by atoms with Gasteiger partial charge in [-0.3, -0.25) is 0 Å². The normalized spacial score (nSPS) is 12.4. The first-order chi connectivity index (χ1) is 17.2. The highest BCUT2D eigenvalue weighted by Crippen LogP contribution is 2.35. The van der Waals surface area contributed by atoms with Crippen molar-refractivity contribution in [2.45, 2.75) is 33.6 Å². The summed E-state index contributed by atoms with van der Waals surface area (Å²) >= 11 is 0.